The van der Waals surface area contributed by atoms with Gasteiger partial charge in [0.2, 0.25) is 5.89 Å². The van der Waals surface area contributed by atoms with Crippen LogP contribution < -0.4 is 0 Å². The molecule has 0 unspecified atom stereocenters. The summed E-state index contributed by atoms with van der Waals surface area (Å²) < 4.78 is 5.95. The zero-order valence-electron chi connectivity index (χ0n) is 10.5. The molecule has 1 aromatic heterocycles. The van der Waals surface area contributed by atoms with Gasteiger partial charge in [0.15, 0.2) is 5.58 Å². The normalized spacial score (nSPS) is 11.2. The van der Waals surface area contributed by atoms with Crippen LogP contribution in [0.15, 0.2) is 65.1 Å². The number of halogens is 1. The Morgan fingerprint density at radius 3 is 2.55 bits per heavy atom. The molecule has 0 amide bonds. The Balaban J connectivity index is 2.04. The van der Waals surface area contributed by atoms with E-state index in [4.69, 9.17) is 16.0 Å². The van der Waals surface area contributed by atoms with Crippen molar-refractivity contribution in [1.29, 1.82) is 0 Å². The van der Waals surface area contributed by atoms with E-state index in [-0.39, 0.29) is 0 Å². The summed E-state index contributed by atoms with van der Waals surface area (Å²) in [5.74, 6) is 0.632. The van der Waals surface area contributed by atoms with Gasteiger partial charge in [0.25, 0.3) is 0 Å². The van der Waals surface area contributed by atoms with Crippen molar-refractivity contribution in [2.24, 2.45) is 0 Å². The van der Waals surface area contributed by atoms with E-state index in [0.29, 0.717) is 10.9 Å². The van der Waals surface area contributed by atoms with Gasteiger partial charge in [0.1, 0.15) is 5.52 Å². The summed E-state index contributed by atoms with van der Waals surface area (Å²) in [5.41, 5.74) is 2.60. The largest absolute Gasteiger partial charge is 0.435 e. The van der Waals surface area contributed by atoms with Crippen LogP contribution in [0.3, 0.4) is 0 Å². The third-order valence-corrected chi connectivity index (χ3v) is 3.59. The van der Waals surface area contributed by atoms with Crippen LogP contribution in [-0.2, 0) is 0 Å². The first-order valence-corrected chi connectivity index (χ1v) is 6.73. The molecule has 0 aliphatic heterocycles. The maximum absolute atomic E-state index is 6.08. The van der Waals surface area contributed by atoms with Crippen LogP contribution >= 0.6 is 11.6 Å². The Bertz CT molecular complexity index is 912. The van der Waals surface area contributed by atoms with Crippen molar-refractivity contribution in [1.82, 2.24) is 4.98 Å². The minimum absolute atomic E-state index is 0.632. The highest BCUT2D eigenvalue weighted by molar-refractivity contribution is 6.31. The number of fused-ring (bicyclic) bond motifs is 3. The van der Waals surface area contributed by atoms with Crippen LogP contribution in [0.4, 0.5) is 0 Å². The van der Waals surface area contributed by atoms with Gasteiger partial charge in [0, 0.05) is 16.0 Å². The van der Waals surface area contributed by atoms with Gasteiger partial charge in [-0.05, 0) is 35.7 Å². The van der Waals surface area contributed by atoms with E-state index in [9.17, 15) is 0 Å². The van der Waals surface area contributed by atoms with Crippen molar-refractivity contribution >= 4 is 33.5 Å². The molecule has 0 saturated heterocycles. The van der Waals surface area contributed by atoms with Gasteiger partial charge in [0.05, 0.1) is 0 Å². The fraction of sp³-hybridized carbons (Fsp3) is 0. The molecule has 0 bridgehead atoms. The molecule has 20 heavy (non-hydrogen) atoms. The molecular formula is C17H10ClNO. The smallest absolute Gasteiger partial charge is 0.227 e. The molecule has 0 radical (unpaired) electrons. The van der Waals surface area contributed by atoms with Crippen LogP contribution in [0.1, 0.15) is 0 Å². The highest BCUT2D eigenvalue weighted by Crippen LogP contribution is 2.31. The van der Waals surface area contributed by atoms with Crippen LogP contribution in [0.2, 0.25) is 5.02 Å². The molecule has 0 fully saturated rings. The minimum atomic E-state index is 0.632. The van der Waals surface area contributed by atoms with E-state index in [1.165, 1.54) is 0 Å². The second kappa shape index (κ2) is 4.36. The summed E-state index contributed by atoms with van der Waals surface area (Å²) >= 11 is 6.08. The Kier molecular flexibility index (Phi) is 2.51. The van der Waals surface area contributed by atoms with Crippen molar-refractivity contribution in [3.8, 4) is 11.5 Å². The van der Waals surface area contributed by atoms with Gasteiger partial charge >= 0.3 is 0 Å². The lowest BCUT2D eigenvalue weighted by atomic mass is 10.1. The van der Waals surface area contributed by atoms with E-state index in [1.54, 1.807) is 0 Å². The Hall–Kier alpha value is -2.32. The molecule has 0 N–H and O–H groups in total. The second-order valence-electron chi connectivity index (χ2n) is 4.66. The summed E-state index contributed by atoms with van der Waals surface area (Å²) in [6, 6.07) is 19.7. The second-order valence-corrected chi connectivity index (χ2v) is 5.10. The van der Waals surface area contributed by atoms with E-state index in [2.05, 4.69) is 4.98 Å². The van der Waals surface area contributed by atoms with Gasteiger partial charge in [-0.1, -0.05) is 41.9 Å². The average molecular weight is 280 g/mol. The summed E-state index contributed by atoms with van der Waals surface area (Å²) in [6.07, 6.45) is 0. The molecular weight excluding hydrogens is 270 g/mol. The van der Waals surface area contributed by atoms with Crippen molar-refractivity contribution in [2.75, 3.05) is 0 Å². The van der Waals surface area contributed by atoms with E-state index < -0.39 is 0 Å². The lowest BCUT2D eigenvalue weighted by Crippen LogP contribution is -1.75. The van der Waals surface area contributed by atoms with Crippen molar-refractivity contribution in [3.63, 3.8) is 0 Å². The molecule has 4 aromatic rings. The predicted molar refractivity (Wildman–Crippen MR) is 82.0 cm³/mol. The molecule has 96 valence electrons. The van der Waals surface area contributed by atoms with Crippen LogP contribution in [0.5, 0.6) is 0 Å². The number of rotatable bonds is 1. The first kappa shape index (κ1) is 11.5. The highest BCUT2D eigenvalue weighted by Gasteiger charge is 2.10. The molecule has 3 aromatic carbocycles. The van der Waals surface area contributed by atoms with Crippen molar-refractivity contribution < 1.29 is 4.42 Å². The number of nitrogens with zero attached hydrogens (tertiary/aromatic N) is 1. The minimum Gasteiger partial charge on any atom is -0.435 e. The fourth-order valence-corrected chi connectivity index (χ4v) is 2.55. The van der Waals surface area contributed by atoms with E-state index >= 15 is 0 Å². The van der Waals surface area contributed by atoms with Crippen molar-refractivity contribution in [2.45, 2.75) is 0 Å². The molecule has 3 heteroatoms. The molecule has 0 saturated carbocycles. The number of hydrogen-bond donors (Lipinski definition) is 0. The van der Waals surface area contributed by atoms with Crippen LogP contribution in [0.25, 0.3) is 33.3 Å². The molecule has 0 aliphatic carbocycles. The number of oxazole rings is 1. The summed E-state index contributed by atoms with van der Waals surface area (Å²) in [4.78, 5) is 4.55. The van der Waals surface area contributed by atoms with Crippen molar-refractivity contribution in [3.05, 3.63) is 65.7 Å². The molecule has 2 nitrogen and oxygen atoms in total. The summed E-state index contributed by atoms with van der Waals surface area (Å²) in [6.45, 7) is 0. The molecule has 0 atom stereocenters. The van der Waals surface area contributed by atoms with Crippen LogP contribution in [-0.4, -0.2) is 4.98 Å². The molecule has 0 aliphatic rings. The number of hydrogen-bond acceptors (Lipinski definition) is 2. The number of benzene rings is 3. The lowest BCUT2D eigenvalue weighted by molar-refractivity contribution is 0.623. The Morgan fingerprint density at radius 1 is 0.900 bits per heavy atom. The molecule has 1 heterocycles. The predicted octanol–water partition coefficient (Wildman–Crippen LogP) is 5.30. The van der Waals surface area contributed by atoms with Gasteiger partial charge in [-0.15, -0.1) is 0 Å². The standard InChI is InChI=1S/C17H10ClNO/c18-13-8-6-11-7-9-15-16(14(11)10-13)20-17(19-15)12-4-2-1-3-5-12/h1-10H. The fourth-order valence-electron chi connectivity index (χ4n) is 2.38. The van der Waals surface area contributed by atoms with E-state index in [1.807, 2.05) is 60.7 Å². The topological polar surface area (TPSA) is 26.0 Å². The monoisotopic (exact) mass is 279 g/mol. The highest BCUT2D eigenvalue weighted by atomic mass is 35.5. The third kappa shape index (κ3) is 1.77. The first-order chi connectivity index (χ1) is 9.81. The van der Waals surface area contributed by atoms with Gasteiger partial charge < -0.3 is 4.42 Å². The van der Waals surface area contributed by atoms with Gasteiger partial charge in [-0.2, -0.15) is 0 Å². The van der Waals surface area contributed by atoms with E-state index in [0.717, 1.165) is 27.4 Å². The summed E-state index contributed by atoms with van der Waals surface area (Å²) in [5, 5.41) is 2.78. The zero-order chi connectivity index (χ0) is 13.5. The maximum atomic E-state index is 6.08. The quantitative estimate of drug-likeness (QED) is 0.472. The SMILES string of the molecule is Clc1ccc2ccc3nc(-c4ccccc4)oc3c2c1. The number of aromatic nitrogens is 1. The van der Waals surface area contributed by atoms with Gasteiger partial charge in [-0.3, -0.25) is 0 Å². The Morgan fingerprint density at radius 2 is 1.70 bits per heavy atom. The van der Waals surface area contributed by atoms with Gasteiger partial charge in [-0.25, -0.2) is 4.98 Å². The summed E-state index contributed by atoms with van der Waals surface area (Å²) in [7, 11) is 0. The first-order valence-electron chi connectivity index (χ1n) is 6.35. The third-order valence-electron chi connectivity index (χ3n) is 3.35. The maximum Gasteiger partial charge on any atom is 0.227 e. The molecule has 4 rings (SSSR count). The average Bonchev–Trinajstić information content (AvgIpc) is 2.93. The Labute approximate surface area is 120 Å². The molecule has 0 spiro atoms. The van der Waals surface area contributed by atoms with Crippen LogP contribution in [0, 0.1) is 0 Å². The zero-order valence-corrected chi connectivity index (χ0v) is 11.3. The lowest BCUT2D eigenvalue weighted by Gasteiger charge is -1.98.